The minimum absolute atomic E-state index is 0.527. The van der Waals surface area contributed by atoms with E-state index in [2.05, 4.69) is 18.9 Å². The van der Waals surface area contributed by atoms with Gasteiger partial charge in [-0.1, -0.05) is 26.0 Å². The molecule has 16 heavy (non-hydrogen) atoms. The van der Waals surface area contributed by atoms with Crippen LogP contribution in [-0.4, -0.2) is 31.9 Å². The molecule has 1 rings (SSSR count). The SMILES string of the molecule is CC(C)COc1ccccc1/C=N/N(C)C. The first-order valence-electron chi connectivity index (χ1n) is 5.52. The zero-order chi connectivity index (χ0) is 12.0. The molecule has 0 fully saturated rings. The van der Waals surface area contributed by atoms with Crippen LogP contribution in [0.5, 0.6) is 5.75 Å². The third-order valence-corrected chi connectivity index (χ3v) is 1.92. The maximum Gasteiger partial charge on any atom is 0.128 e. The zero-order valence-corrected chi connectivity index (χ0v) is 10.5. The van der Waals surface area contributed by atoms with Gasteiger partial charge in [0.25, 0.3) is 0 Å². The van der Waals surface area contributed by atoms with E-state index in [1.165, 1.54) is 0 Å². The summed E-state index contributed by atoms with van der Waals surface area (Å²) in [5.74, 6) is 1.42. The van der Waals surface area contributed by atoms with E-state index in [0.29, 0.717) is 5.92 Å². The second kappa shape index (κ2) is 6.16. The van der Waals surface area contributed by atoms with Crippen molar-refractivity contribution >= 4 is 6.21 Å². The van der Waals surface area contributed by atoms with Crippen LogP contribution < -0.4 is 4.74 Å². The van der Waals surface area contributed by atoms with Gasteiger partial charge in [-0.15, -0.1) is 0 Å². The molecular formula is C13H20N2O. The molecule has 0 N–H and O–H groups in total. The molecule has 1 aromatic carbocycles. The van der Waals surface area contributed by atoms with Crippen LogP contribution in [0.4, 0.5) is 0 Å². The average molecular weight is 220 g/mol. The number of hydrazone groups is 1. The predicted octanol–water partition coefficient (Wildman–Crippen LogP) is 2.62. The van der Waals surface area contributed by atoms with Gasteiger partial charge in [-0.05, 0) is 18.1 Å². The van der Waals surface area contributed by atoms with Crippen molar-refractivity contribution in [3.63, 3.8) is 0 Å². The second-order valence-corrected chi connectivity index (χ2v) is 4.33. The van der Waals surface area contributed by atoms with Crippen molar-refractivity contribution in [3.05, 3.63) is 29.8 Å². The summed E-state index contributed by atoms with van der Waals surface area (Å²) in [7, 11) is 3.79. The third kappa shape index (κ3) is 4.34. The minimum atomic E-state index is 0.527. The molecule has 0 aliphatic rings. The molecular weight excluding hydrogens is 200 g/mol. The summed E-state index contributed by atoms with van der Waals surface area (Å²) in [5.41, 5.74) is 1.01. The highest BCUT2D eigenvalue weighted by Crippen LogP contribution is 2.16. The molecule has 0 saturated carbocycles. The summed E-state index contributed by atoms with van der Waals surface area (Å²) in [4.78, 5) is 0. The topological polar surface area (TPSA) is 24.8 Å². The van der Waals surface area contributed by atoms with E-state index in [0.717, 1.165) is 17.9 Å². The van der Waals surface area contributed by atoms with Crippen LogP contribution in [0.1, 0.15) is 19.4 Å². The van der Waals surface area contributed by atoms with Crippen LogP contribution in [0.3, 0.4) is 0 Å². The summed E-state index contributed by atoms with van der Waals surface area (Å²) in [6.07, 6.45) is 1.82. The van der Waals surface area contributed by atoms with Crippen LogP contribution in [0.2, 0.25) is 0 Å². The molecule has 0 aliphatic heterocycles. The zero-order valence-electron chi connectivity index (χ0n) is 10.5. The summed E-state index contributed by atoms with van der Waals surface area (Å²) >= 11 is 0. The Kier molecular flexibility index (Phi) is 4.83. The van der Waals surface area contributed by atoms with Crippen molar-refractivity contribution < 1.29 is 4.74 Å². The number of hydrogen-bond acceptors (Lipinski definition) is 3. The Balaban J connectivity index is 2.75. The maximum atomic E-state index is 5.72. The van der Waals surface area contributed by atoms with Crippen molar-refractivity contribution in [2.24, 2.45) is 11.0 Å². The van der Waals surface area contributed by atoms with E-state index < -0.39 is 0 Å². The second-order valence-electron chi connectivity index (χ2n) is 4.33. The lowest BCUT2D eigenvalue weighted by Crippen LogP contribution is -2.07. The van der Waals surface area contributed by atoms with Gasteiger partial charge in [0.1, 0.15) is 5.75 Å². The normalized spacial score (nSPS) is 11.1. The number of rotatable bonds is 5. The Morgan fingerprint density at radius 3 is 2.62 bits per heavy atom. The average Bonchev–Trinajstić information content (AvgIpc) is 2.24. The van der Waals surface area contributed by atoms with E-state index in [-0.39, 0.29) is 0 Å². The lowest BCUT2D eigenvalue weighted by Gasteiger charge is -2.11. The molecule has 0 saturated heterocycles. The number of para-hydroxylation sites is 1. The van der Waals surface area contributed by atoms with Gasteiger partial charge in [-0.3, -0.25) is 0 Å². The van der Waals surface area contributed by atoms with Crippen molar-refractivity contribution in [1.29, 1.82) is 0 Å². The first-order valence-corrected chi connectivity index (χ1v) is 5.52. The summed E-state index contributed by atoms with van der Waals surface area (Å²) in [5, 5.41) is 5.97. The summed E-state index contributed by atoms with van der Waals surface area (Å²) in [6, 6.07) is 7.93. The van der Waals surface area contributed by atoms with Crippen LogP contribution in [0.25, 0.3) is 0 Å². The fourth-order valence-electron chi connectivity index (χ4n) is 1.15. The number of hydrogen-bond donors (Lipinski definition) is 0. The third-order valence-electron chi connectivity index (χ3n) is 1.92. The molecule has 1 aromatic rings. The van der Waals surface area contributed by atoms with Gasteiger partial charge in [0.05, 0.1) is 12.8 Å². The van der Waals surface area contributed by atoms with Crippen LogP contribution in [-0.2, 0) is 0 Å². The Hall–Kier alpha value is -1.51. The molecule has 0 amide bonds. The van der Waals surface area contributed by atoms with Gasteiger partial charge in [-0.25, -0.2) is 0 Å². The predicted molar refractivity (Wildman–Crippen MR) is 68.1 cm³/mol. The van der Waals surface area contributed by atoms with Crippen molar-refractivity contribution in [2.45, 2.75) is 13.8 Å². The Morgan fingerprint density at radius 1 is 1.31 bits per heavy atom. The van der Waals surface area contributed by atoms with Crippen LogP contribution in [0, 0.1) is 5.92 Å². The maximum absolute atomic E-state index is 5.72. The highest BCUT2D eigenvalue weighted by atomic mass is 16.5. The molecule has 3 nitrogen and oxygen atoms in total. The van der Waals surface area contributed by atoms with E-state index >= 15 is 0 Å². The Bertz CT molecular complexity index is 346. The highest BCUT2D eigenvalue weighted by Gasteiger charge is 2.01. The number of nitrogens with zero attached hydrogens (tertiary/aromatic N) is 2. The molecule has 0 aromatic heterocycles. The first kappa shape index (κ1) is 12.6. The van der Waals surface area contributed by atoms with Gasteiger partial charge in [-0.2, -0.15) is 5.10 Å². The smallest absolute Gasteiger partial charge is 0.128 e. The minimum Gasteiger partial charge on any atom is -0.493 e. The molecule has 0 aliphatic carbocycles. The Labute approximate surface area is 97.7 Å². The standard InChI is InChI=1S/C13H20N2O/c1-11(2)10-16-13-8-6-5-7-12(13)9-14-15(3)4/h5-9,11H,10H2,1-4H3/b14-9+. The van der Waals surface area contributed by atoms with Gasteiger partial charge < -0.3 is 9.75 Å². The summed E-state index contributed by atoms with van der Waals surface area (Å²) in [6.45, 7) is 5.00. The van der Waals surface area contributed by atoms with E-state index in [1.807, 2.05) is 44.6 Å². The molecule has 0 bridgehead atoms. The van der Waals surface area contributed by atoms with Crippen LogP contribution in [0.15, 0.2) is 29.4 Å². The highest BCUT2D eigenvalue weighted by molar-refractivity contribution is 5.83. The lowest BCUT2D eigenvalue weighted by molar-refractivity contribution is 0.270. The molecule has 0 heterocycles. The molecule has 0 atom stereocenters. The van der Waals surface area contributed by atoms with Crippen molar-refractivity contribution in [2.75, 3.05) is 20.7 Å². The molecule has 0 spiro atoms. The van der Waals surface area contributed by atoms with Gasteiger partial charge in [0.15, 0.2) is 0 Å². The van der Waals surface area contributed by atoms with E-state index in [9.17, 15) is 0 Å². The molecule has 0 radical (unpaired) electrons. The monoisotopic (exact) mass is 220 g/mol. The van der Waals surface area contributed by atoms with Crippen molar-refractivity contribution in [3.8, 4) is 5.75 Å². The number of benzene rings is 1. The Morgan fingerprint density at radius 2 is 2.00 bits per heavy atom. The largest absolute Gasteiger partial charge is 0.493 e. The molecule has 3 heteroatoms. The molecule has 88 valence electrons. The fourth-order valence-corrected chi connectivity index (χ4v) is 1.15. The van der Waals surface area contributed by atoms with Crippen molar-refractivity contribution in [1.82, 2.24) is 5.01 Å². The van der Waals surface area contributed by atoms with Gasteiger partial charge in [0.2, 0.25) is 0 Å². The number of ether oxygens (including phenoxy) is 1. The van der Waals surface area contributed by atoms with Gasteiger partial charge >= 0.3 is 0 Å². The van der Waals surface area contributed by atoms with Crippen LogP contribution >= 0.6 is 0 Å². The fraction of sp³-hybridized carbons (Fsp3) is 0.462. The van der Waals surface area contributed by atoms with Gasteiger partial charge in [0, 0.05) is 19.7 Å². The van der Waals surface area contributed by atoms with E-state index in [1.54, 1.807) is 5.01 Å². The lowest BCUT2D eigenvalue weighted by atomic mass is 10.2. The summed E-state index contributed by atoms with van der Waals surface area (Å²) < 4.78 is 5.72. The quantitative estimate of drug-likeness (QED) is 0.563. The molecule has 0 unspecified atom stereocenters. The first-order chi connectivity index (χ1) is 7.59. The van der Waals surface area contributed by atoms with E-state index in [4.69, 9.17) is 4.74 Å².